The van der Waals surface area contributed by atoms with E-state index in [1.807, 2.05) is 0 Å². The third kappa shape index (κ3) is 3.90. The average molecular weight is 319 g/mol. The number of nitrogens with zero attached hydrogens (tertiary/aromatic N) is 2. The molecule has 120 valence electrons. The van der Waals surface area contributed by atoms with Crippen LogP contribution >= 0.6 is 0 Å². The molecule has 2 aromatic rings. The van der Waals surface area contributed by atoms with E-state index < -0.39 is 22.9 Å². The summed E-state index contributed by atoms with van der Waals surface area (Å²) in [6.45, 7) is 2.97. The molecule has 1 aromatic carbocycles. The van der Waals surface area contributed by atoms with Crippen molar-refractivity contribution in [3.63, 3.8) is 0 Å². The molecule has 1 N–H and O–H groups in total. The van der Waals surface area contributed by atoms with Gasteiger partial charge in [-0.3, -0.25) is 14.9 Å². The van der Waals surface area contributed by atoms with Gasteiger partial charge in [0.05, 0.1) is 10.6 Å². The maximum Gasteiger partial charge on any atom is 0.377 e. The first-order valence-corrected chi connectivity index (χ1v) is 6.57. The molecule has 0 aliphatic carbocycles. The average Bonchev–Trinajstić information content (AvgIpc) is 2.94. The first kappa shape index (κ1) is 16.1. The number of nitro groups is 1. The van der Waals surface area contributed by atoms with Crippen molar-refractivity contribution in [2.24, 2.45) is 0 Å². The van der Waals surface area contributed by atoms with Gasteiger partial charge in [-0.2, -0.15) is 0 Å². The van der Waals surface area contributed by atoms with E-state index in [0.717, 1.165) is 0 Å². The van der Waals surface area contributed by atoms with Gasteiger partial charge in [-0.1, -0.05) is 17.3 Å². The van der Waals surface area contributed by atoms with Gasteiger partial charge in [-0.15, -0.1) is 0 Å². The lowest BCUT2D eigenvalue weighted by atomic mass is 10.2. The second kappa shape index (κ2) is 6.69. The monoisotopic (exact) mass is 319 g/mol. The quantitative estimate of drug-likeness (QED) is 0.508. The highest BCUT2D eigenvalue weighted by molar-refractivity contribution is 5.98. The molecule has 9 heteroatoms. The third-order valence-electron chi connectivity index (χ3n) is 2.84. The summed E-state index contributed by atoms with van der Waals surface area (Å²) in [4.78, 5) is 34.0. The molecule has 0 spiro atoms. The van der Waals surface area contributed by atoms with Gasteiger partial charge < -0.3 is 14.6 Å². The Morgan fingerprint density at radius 1 is 1.39 bits per heavy atom. The molecule has 0 aliphatic rings. The lowest BCUT2D eigenvalue weighted by Crippen LogP contribution is -2.30. The second-order valence-corrected chi connectivity index (χ2v) is 4.64. The maximum atomic E-state index is 12.0. The maximum absolute atomic E-state index is 12.0. The number of carbonyl (C=O) groups is 2. The summed E-state index contributed by atoms with van der Waals surface area (Å²) in [7, 11) is 0. The van der Waals surface area contributed by atoms with Crippen LogP contribution in [0.4, 0.5) is 11.4 Å². The molecule has 9 nitrogen and oxygen atoms in total. The number of nitro benzene ring substituents is 1. The zero-order valence-electron chi connectivity index (χ0n) is 12.3. The van der Waals surface area contributed by atoms with Crippen LogP contribution in [0.1, 0.15) is 23.2 Å². The van der Waals surface area contributed by atoms with Crippen LogP contribution in [0, 0.1) is 17.0 Å². The van der Waals surface area contributed by atoms with Crippen LogP contribution in [0.25, 0.3) is 0 Å². The van der Waals surface area contributed by atoms with Gasteiger partial charge in [-0.05, 0) is 19.9 Å². The summed E-state index contributed by atoms with van der Waals surface area (Å²) >= 11 is 0. The predicted octanol–water partition coefficient (Wildman–Crippen LogP) is 2.08. The molecule has 0 unspecified atom stereocenters. The minimum Gasteiger partial charge on any atom is -0.447 e. The Kier molecular flexibility index (Phi) is 4.69. The van der Waals surface area contributed by atoms with Crippen LogP contribution in [0.15, 0.2) is 34.9 Å². The van der Waals surface area contributed by atoms with Crippen molar-refractivity contribution in [2.45, 2.75) is 20.0 Å². The van der Waals surface area contributed by atoms with Gasteiger partial charge in [0.25, 0.3) is 11.6 Å². The number of carbonyl (C=O) groups excluding carboxylic acids is 2. The largest absolute Gasteiger partial charge is 0.447 e. The van der Waals surface area contributed by atoms with E-state index in [1.165, 1.54) is 37.3 Å². The number of aromatic nitrogens is 1. The summed E-state index contributed by atoms with van der Waals surface area (Å²) in [6.07, 6.45) is -1.17. The summed E-state index contributed by atoms with van der Waals surface area (Å²) in [5.41, 5.74) is 0.250. The van der Waals surface area contributed by atoms with Crippen molar-refractivity contribution in [1.29, 1.82) is 0 Å². The van der Waals surface area contributed by atoms with E-state index in [9.17, 15) is 19.7 Å². The van der Waals surface area contributed by atoms with Crippen molar-refractivity contribution in [1.82, 2.24) is 5.16 Å². The van der Waals surface area contributed by atoms with Gasteiger partial charge in [0.15, 0.2) is 6.10 Å². The smallest absolute Gasteiger partial charge is 0.377 e. The number of benzene rings is 1. The highest BCUT2D eigenvalue weighted by atomic mass is 16.6. The van der Waals surface area contributed by atoms with Crippen molar-refractivity contribution in [3.8, 4) is 0 Å². The van der Waals surface area contributed by atoms with E-state index >= 15 is 0 Å². The molecule has 0 fully saturated rings. The molecule has 0 radical (unpaired) electrons. The standard InChI is InChI=1S/C14H13N3O6/c1-8-7-12(23-16-8)14(19)22-9(2)13(18)15-10-5-3-4-6-11(10)17(20)21/h3-7,9H,1-2H3,(H,15,18)/t9-/m1/s1. The number of rotatable bonds is 5. The summed E-state index contributed by atoms with van der Waals surface area (Å²) in [5, 5.41) is 16.8. The summed E-state index contributed by atoms with van der Waals surface area (Å²) in [5.74, 6) is -1.69. The fourth-order valence-electron chi connectivity index (χ4n) is 1.70. The number of anilines is 1. The Hall–Kier alpha value is -3.23. The molecule has 1 heterocycles. The van der Waals surface area contributed by atoms with Crippen molar-refractivity contribution in [2.75, 3.05) is 5.32 Å². The first-order chi connectivity index (χ1) is 10.9. The molecule has 0 saturated heterocycles. The minimum atomic E-state index is -1.17. The predicted molar refractivity (Wildman–Crippen MR) is 77.8 cm³/mol. The number of para-hydroxylation sites is 2. The van der Waals surface area contributed by atoms with E-state index in [1.54, 1.807) is 6.92 Å². The Morgan fingerprint density at radius 3 is 2.70 bits per heavy atom. The number of hydrogen-bond donors (Lipinski definition) is 1. The number of nitrogens with one attached hydrogen (secondary N) is 1. The molecule has 2 rings (SSSR count). The highest BCUT2D eigenvalue weighted by Crippen LogP contribution is 2.23. The Morgan fingerprint density at radius 2 is 2.09 bits per heavy atom. The summed E-state index contributed by atoms with van der Waals surface area (Å²) in [6, 6.07) is 7.02. The normalized spacial score (nSPS) is 11.6. The molecule has 23 heavy (non-hydrogen) atoms. The van der Waals surface area contributed by atoms with Crippen molar-refractivity contribution < 1.29 is 23.8 Å². The highest BCUT2D eigenvalue weighted by Gasteiger charge is 2.23. The number of amides is 1. The summed E-state index contributed by atoms with van der Waals surface area (Å²) < 4.78 is 9.66. The Balaban J connectivity index is 2.03. The van der Waals surface area contributed by atoms with Gasteiger partial charge in [0, 0.05) is 12.1 Å². The molecule has 1 aromatic heterocycles. The lowest BCUT2D eigenvalue weighted by molar-refractivity contribution is -0.383. The van der Waals surface area contributed by atoms with E-state index in [-0.39, 0.29) is 17.1 Å². The van der Waals surface area contributed by atoms with Crippen LogP contribution in [-0.2, 0) is 9.53 Å². The van der Waals surface area contributed by atoms with Crippen LogP contribution in [-0.4, -0.2) is 28.1 Å². The number of hydrogen-bond acceptors (Lipinski definition) is 7. The number of aryl methyl sites for hydroxylation is 1. The topological polar surface area (TPSA) is 125 Å². The van der Waals surface area contributed by atoms with Crippen molar-refractivity contribution in [3.05, 3.63) is 51.9 Å². The van der Waals surface area contributed by atoms with Gasteiger partial charge >= 0.3 is 5.97 Å². The van der Waals surface area contributed by atoms with E-state index in [4.69, 9.17) is 9.26 Å². The Bertz CT molecular complexity index is 754. The van der Waals surface area contributed by atoms with E-state index in [0.29, 0.717) is 5.69 Å². The minimum absolute atomic E-state index is 0.0147. The SMILES string of the molecule is Cc1cc(C(=O)O[C@H](C)C(=O)Nc2ccccc2[N+](=O)[O-])on1. The van der Waals surface area contributed by atoms with Crippen molar-refractivity contribution >= 4 is 23.3 Å². The zero-order chi connectivity index (χ0) is 17.0. The zero-order valence-corrected chi connectivity index (χ0v) is 12.3. The molecule has 0 saturated carbocycles. The molecular formula is C14H13N3O6. The van der Waals surface area contributed by atoms with Crippen LogP contribution in [0.2, 0.25) is 0 Å². The second-order valence-electron chi connectivity index (χ2n) is 4.64. The van der Waals surface area contributed by atoms with Crippen LogP contribution in [0.3, 0.4) is 0 Å². The fraction of sp³-hybridized carbons (Fsp3) is 0.214. The van der Waals surface area contributed by atoms with E-state index in [2.05, 4.69) is 10.5 Å². The lowest BCUT2D eigenvalue weighted by Gasteiger charge is -2.12. The fourth-order valence-corrected chi connectivity index (χ4v) is 1.70. The van der Waals surface area contributed by atoms with Crippen LogP contribution in [0.5, 0.6) is 0 Å². The molecule has 0 bridgehead atoms. The number of ether oxygens (including phenoxy) is 1. The van der Waals surface area contributed by atoms with Crippen LogP contribution < -0.4 is 5.32 Å². The molecule has 0 aliphatic heterocycles. The third-order valence-corrected chi connectivity index (χ3v) is 2.84. The van der Waals surface area contributed by atoms with Gasteiger partial charge in [-0.25, -0.2) is 4.79 Å². The molecule has 1 atom stereocenters. The Labute approximate surface area is 130 Å². The number of esters is 1. The molecule has 1 amide bonds. The first-order valence-electron chi connectivity index (χ1n) is 6.57. The molecular weight excluding hydrogens is 306 g/mol. The van der Waals surface area contributed by atoms with Gasteiger partial charge in [0.2, 0.25) is 5.76 Å². The van der Waals surface area contributed by atoms with Gasteiger partial charge in [0.1, 0.15) is 5.69 Å².